The van der Waals surface area contributed by atoms with Crippen LogP contribution in [-0.4, -0.2) is 19.9 Å². The highest BCUT2D eigenvalue weighted by molar-refractivity contribution is 9.10. The maximum absolute atomic E-state index is 4.89. The molecule has 0 saturated heterocycles. The molecular weight excluding hydrogens is 1150 g/mol. The van der Waals surface area contributed by atoms with Gasteiger partial charge in [-0.25, -0.2) is 0 Å². The summed E-state index contributed by atoms with van der Waals surface area (Å²) in [6.45, 7) is 0. The van der Waals surface area contributed by atoms with Crippen LogP contribution in [0.25, 0.3) is 65.2 Å². The first-order valence-electron chi connectivity index (χ1n) is 28.4. The Morgan fingerprint density at radius 2 is 0.554 bits per heavy atom. The molecular formula is C74H53Br2N7. The fourth-order valence-electron chi connectivity index (χ4n) is 12.8. The van der Waals surface area contributed by atoms with E-state index in [-0.39, 0.29) is 0 Å². The van der Waals surface area contributed by atoms with Crippen LogP contribution in [0.3, 0.4) is 0 Å². The highest BCUT2D eigenvalue weighted by Gasteiger charge is 2.26. The summed E-state index contributed by atoms with van der Waals surface area (Å²) in [5.41, 5.74) is 21.8. The minimum absolute atomic E-state index is 0.932. The quantitative estimate of drug-likeness (QED) is 0.173. The Bertz CT molecular complexity index is 4470. The average molecular weight is 1200 g/mol. The minimum atomic E-state index is 0.932. The Labute approximate surface area is 498 Å². The molecule has 83 heavy (non-hydrogen) atoms. The van der Waals surface area contributed by atoms with Crippen LogP contribution in [0.15, 0.2) is 252 Å². The summed E-state index contributed by atoms with van der Waals surface area (Å²) in [5, 5.41) is 12.7. The molecule has 0 spiro atoms. The van der Waals surface area contributed by atoms with Gasteiger partial charge in [0.1, 0.15) is 0 Å². The molecule has 0 unspecified atom stereocenters. The molecule has 3 aliphatic heterocycles. The summed E-state index contributed by atoms with van der Waals surface area (Å²) in [4.78, 5) is 23.7. The lowest BCUT2D eigenvalue weighted by molar-refractivity contribution is 0.977. The van der Waals surface area contributed by atoms with Gasteiger partial charge in [-0.1, -0.05) is 165 Å². The second-order valence-electron chi connectivity index (χ2n) is 21.5. The highest BCUT2D eigenvalue weighted by atomic mass is 79.9. The van der Waals surface area contributed by atoms with Crippen LogP contribution in [-0.2, 0) is 38.5 Å². The fourth-order valence-corrected chi connectivity index (χ4v) is 13.5. The van der Waals surface area contributed by atoms with Gasteiger partial charge in [-0.05, 0) is 178 Å². The zero-order chi connectivity index (χ0) is 55.4. The predicted molar refractivity (Wildman–Crippen MR) is 352 cm³/mol. The van der Waals surface area contributed by atoms with Gasteiger partial charge < -0.3 is 15.1 Å². The van der Waals surface area contributed by atoms with E-state index in [0.717, 1.165) is 102 Å². The molecule has 0 saturated carbocycles. The molecule has 0 amide bonds. The van der Waals surface area contributed by atoms with E-state index >= 15 is 0 Å². The average Bonchev–Trinajstić information content (AvgIpc) is 3.61. The number of nitrogens with one attached hydrogen (secondary N) is 1. The number of aromatic nitrogens is 4. The summed E-state index contributed by atoms with van der Waals surface area (Å²) < 4.78 is 2.13. The van der Waals surface area contributed by atoms with Gasteiger partial charge in [-0.15, -0.1) is 0 Å². The lowest BCUT2D eigenvalue weighted by Crippen LogP contribution is -2.12. The number of fused-ring (bicyclic) bond motifs is 18. The van der Waals surface area contributed by atoms with Crippen molar-refractivity contribution in [2.75, 3.05) is 15.1 Å². The van der Waals surface area contributed by atoms with Crippen LogP contribution < -0.4 is 15.1 Å². The third-order valence-electron chi connectivity index (χ3n) is 16.7. The van der Waals surface area contributed by atoms with Gasteiger partial charge in [0.25, 0.3) is 0 Å². The van der Waals surface area contributed by atoms with Crippen molar-refractivity contribution >= 4 is 143 Å². The van der Waals surface area contributed by atoms with Crippen molar-refractivity contribution in [2.24, 2.45) is 0 Å². The van der Waals surface area contributed by atoms with Gasteiger partial charge in [0.2, 0.25) is 0 Å². The number of hydrogen-bond donors (Lipinski definition) is 1. The topological polar surface area (TPSA) is 70.1 Å². The van der Waals surface area contributed by atoms with E-state index in [9.17, 15) is 0 Å². The molecule has 398 valence electrons. The van der Waals surface area contributed by atoms with Gasteiger partial charge in [0, 0.05) is 101 Å². The number of anilines is 8. The van der Waals surface area contributed by atoms with Gasteiger partial charge >= 0.3 is 0 Å². The zero-order valence-electron chi connectivity index (χ0n) is 45.3. The smallest absolute Gasteiger partial charge is 0.0971 e. The van der Waals surface area contributed by atoms with Crippen molar-refractivity contribution in [3.8, 4) is 0 Å². The molecule has 0 atom stereocenters. The number of hydrogen-bond acceptors (Lipinski definition) is 7. The Hall–Kier alpha value is -9.28. The van der Waals surface area contributed by atoms with Gasteiger partial charge in [-0.2, -0.15) is 0 Å². The molecule has 3 aliphatic rings. The van der Waals surface area contributed by atoms with Crippen LogP contribution >= 0.6 is 31.9 Å². The van der Waals surface area contributed by atoms with E-state index in [0.29, 0.717) is 0 Å². The van der Waals surface area contributed by atoms with E-state index in [1.165, 1.54) is 89.0 Å². The predicted octanol–water partition coefficient (Wildman–Crippen LogP) is 20.1. The van der Waals surface area contributed by atoms with Crippen LogP contribution in [0.1, 0.15) is 33.4 Å². The highest BCUT2D eigenvalue weighted by Crippen LogP contribution is 2.47. The molecule has 17 rings (SSSR count). The Balaban J connectivity index is 0.000000136. The Morgan fingerprint density at radius 1 is 0.277 bits per heavy atom. The van der Waals surface area contributed by atoms with Crippen LogP contribution in [0.4, 0.5) is 45.5 Å². The van der Waals surface area contributed by atoms with E-state index < -0.39 is 0 Å². The fraction of sp³-hybridized carbons (Fsp3) is 0.0811. The van der Waals surface area contributed by atoms with E-state index in [2.05, 4.69) is 263 Å². The first-order valence-corrected chi connectivity index (χ1v) is 29.9. The summed E-state index contributed by atoms with van der Waals surface area (Å²) in [5.74, 6) is 0. The van der Waals surface area contributed by atoms with Gasteiger partial charge in [0.15, 0.2) is 0 Å². The number of nitrogens with zero attached hydrogens (tertiary/aromatic N) is 6. The second-order valence-corrected chi connectivity index (χ2v) is 23.3. The molecule has 0 aliphatic carbocycles. The number of halogens is 2. The minimum Gasteiger partial charge on any atom is -0.355 e. The van der Waals surface area contributed by atoms with Crippen molar-refractivity contribution < 1.29 is 0 Å². The molecule has 0 radical (unpaired) electrons. The SMILES string of the molecule is Brc1ccc2c(c1)c1cc(Br)ccc1c1nccnc21.c1ccc2c(c1)CCc1ccccc1N2.c1ccc2c(c1)CCc1ccccc1N2c1ccc2c(c1)c1cc(N3c4ccccc4CCc4ccccc43)ccc1c1nccnc21. The largest absolute Gasteiger partial charge is 0.355 e. The van der Waals surface area contributed by atoms with Crippen molar-refractivity contribution in [3.05, 3.63) is 286 Å². The van der Waals surface area contributed by atoms with Crippen molar-refractivity contribution in [1.82, 2.24) is 19.9 Å². The molecule has 1 N–H and O–H groups in total. The van der Waals surface area contributed by atoms with Crippen LogP contribution in [0.2, 0.25) is 0 Å². The summed E-state index contributed by atoms with van der Waals surface area (Å²) in [6.07, 6.45) is 13.4. The van der Waals surface area contributed by atoms with E-state index in [4.69, 9.17) is 9.97 Å². The van der Waals surface area contributed by atoms with Crippen molar-refractivity contribution in [3.63, 3.8) is 0 Å². The lowest BCUT2D eigenvalue weighted by atomic mass is 9.97. The first kappa shape index (κ1) is 50.7. The molecule has 12 aromatic carbocycles. The monoisotopic (exact) mass is 1200 g/mol. The number of para-hydroxylation sites is 6. The maximum atomic E-state index is 4.89. The molecule has 7 nitrogen and oxygen atoms in total. The van der Waals surface area contributed by atoms with Crippen molar-refractivity contribution in [1.29, 1.82) is 0 Å². The second kappa shape index (κ2) is 21.6. The molecule has 0 fully saturated rings. The molecule has 0 bridgehead atoms. The number of aryl methyl sites for hydroxylation is 6. The van der Waals surface area contributed by atoms with E-state index in [1.54, 1.807) is 12.4 Å². The Morgan fingerprint density at radius 3 is 0.904 bits per heavy atom. The molecule has 2 aromatic heterocycles. The first-order chi connectivity index (χ1) is 41.0. The molecule has 14 aromatic rings. The van der Waals surface area contributed by atoms with E-state index in [1.807, 2.05) is 24.5 Å². The van der Waals surface area contributed by atoms with Crippen LogP contribution in [0, 0.1) is 0 Å². The van der Waals surface area contributed by atoms with Crippen LogP contribution in [0.5, 0.6) is 0 Å². The maximum Gasteiger partial charge on any atom is 0.0971 e. The molecule has 9 heteroatoms. The van der Waals surface area contributed by atoms with Gasteiger partial charge in [-0.3, -0.25) is 19.9 Å². The van der Waals surface area contributed by atoms with Gasteiger partial charge in [0.05, 0.1) is 22.1 Å². The summed E-state index contributed by atoms with van der Waals surface area (Å²) >= 11 is 7.11. The third kappa shape index (κ3) is 9.30. The van der Waals surface area contributed by atoms with Crippen molar-refractivity contribution in [2.45, 2.75) is 38.5 Å². The summed E-state index contributed by atoms with van der Waals surface area (Å²) in [7, 11) is 0. The number of rotatable bonds is 2. The summed E-state index contributed by atoms with van der Waals surface area (Å²) in [6, 6.07) is 78.8. The lowest BCUT2D eigenvalue weighted by Gasteiger charge is -2.28. The normalized spacial score (nSPS) is 13.2. The number of benzene rings is 12. The third-order valence-corrected chi connectivity index (χ3v) is 17.7. The Kier molecular flexibility index (Phi) is 13.2. The standard InChI is InChI=1S/C44H32N4.C16H8Br2N2.C14H13N/c1-5-13-39-29(9-1)17-18-30-10-2-6-14-40(30)47(39)33-21-23-35-37(27-33)38-28-34(22-24-36(38)44-43(35)45-25-26-46-44)48-41-15-7-3-11-31(41)19-20-32-12-4-8-16-42(32)48;17-9-1-3-11-13(7-9)14-8-10(18)2-4-12(14)16-15(11)19-5-6-20-16;1-3-7-13-11(5-1)9-10-12-6-2-4-8-14(12)15-13/h1-16,21-28H,17-20H2;1-8H;1-8,15H,9-10H2. The molecule has 5 heterocycles. The zero-order valence-corrected chi connectivity index (χ0v) is 48.4.